The Morgan fingerprint density at radius 2 is 1.32 bits per heavy atom. The molecule has 0 spiro atoms. The van der Waals surface area contributed by atoms with Gasteiger partial charge in [-0.2, -0.15) is 4.58 Å². The lowest BCUT2D eigenvalue weighted by Gasteiger charge is -2.25. The SMILES string of the molecule is Cc1ccc(N2CC=[N+](c3ccc(C)cc3)CC2)cc1.[O-][Cl+3]([O-])([O-])[O-]. The van der Waals surface area contributed by atoms with Gasteiger partial charge in [0.05, 0.1) is 13.1 Å². The summed E-state index contributed by atoms with van der Waals surface area (Å²) in [4.78, 5) is 2.42. The fraction of sp³-hybridized carbons (Fsp3) is 0.278. The van der Waals surface area contributed by atoms with Crippen LogP contribution in [-0.4, -0.2) is 30.4 Å². The number of nitrogens with zero attached hydrogens (tertiary/aromatic N) is 2. The van der Waals surface area contributed by atoms with Gasteiger partial charge in [-0.1, -0.05) is 35.4 Å². The summed E-state index contributed by atoms with van der Waals surface area (Å²) in [7, 11) is -4.94. The van der Waals surface area contributed by atoms with Crippen LogP contribution < -0.4 is 23.5 Å². The first-order valence-corrected chi connectivity index (χ1v) is 9.06. The minimum atomic E-state index is -4.94. The van der Waals surface area contributed by atoms with Gasteiger partial charge in [-0.15, -0.1) is 10.2 Å². The van der Waals surface area contributed by atoms with Crippen molar-refractivity contribution in [2.75, 3.05) is 24.5 Å². The summed E-state index contributed by atoms with van der Waals surface area (Å²) in [5.74, 6) is 0. The molecule has 2 aromatic rings. The van der Waals surface area contributed by atoms with Crippen molar-refractivity contribution in [1.29, 1.82) is 0 Å². The summed E-state index contributed by atoms with van der Waals surface area (Å²) in [6, 6.07) is 17.5. The molecule has 0 saturated carbocycles. The molecule has 0 bridgehead atoms. The molecule has 0 atom stereocenters. The lowest BCUT2D eigenvalue weighted by molar-refractivity contribution is -2.00. The van der Waals surface area contributed by atoms with Gasteiger partial charge in [-0.25, -0.2) is 18.6 Å². The molecule has 1 aliphatic rings. The largest absolute Gasteiger partial charge is 0.355 e. The first-order chi connectivity index (χ1) is 11.7. The molecule has 0 aliphatic carbocycles. The average molecular weight is 365 g/mol. The van der Waals surface area contributed by atoms with Crippen LogP contribution in [0, 0.1) is 24.1 Å². The van der Waals surface area contributed by atoms with Crippen molar-refractivity contribution in [3.05, 3.63) is 59.7 Å². The zero-order valence-corrected chi connectivity index (χ0v) is 15.0. The standard InChI is InChI=1S/C18H21N2.ClHO4/c1-15-3-7-17(8-4-15)19-11-13-20(14-12-19)18-9-5-16(2)6-10-18;2-1(3,4)5/h3-11H,12-14H2,1-2H3;(H,2,3,4,5)/q+1;/p-1. The fourth-order valence-corrected chi connectivity index (χ4v) is 2.57. The molecule has 1 heterocycles. The predicted molar refractivity (Wildman–Crippen MR) is 85.4 cm³/mol. The summed E-state index contributed by atoms with van der Waals surface area (Å²) in [6.07, 6.45) is 2.29. The number of hydrogen-bond donors (Lipinski definition) is 0. The van der Waals surface area contributed by atoms with E-state index < -0.39 is 10.2 Å². The summed E-state index contributed by atoms with van der Waals surface area (Å²) < 4.78 is 36.3. The molecule has 3 rings (SSSR count). The van der Waals surface area contributed by atoms with Gasteiger partial charge >= 0.3 is 0 Å². The smallest absolute Gasteiger partial charge is 0.205 e. The number of anilines is 1. The van der Waals surface area contributed by atoms with Gasteiger partial charge < -0.3 is 4.90 Å². The van der Waals surface area contributed by atoms with Crippen LogP contribution in [0.4, 0.5) is 11.4 Å². The highest BCUT2D eigenvalue weighted by Crippen LogP contribution is 2.18. The summed E-state index contributed by atoms with van der Waals surface area (Å²) in [5.41, 5.74) is 5.23. The topological polar surface area (TPSA) is 98.5 Å². The van der Waals surface area contributed by atoms with Crippen LogP contribution in [0.15, 0.2) is 48.5 Å². The monoisotopic (exact) mass is 364 g/mol. The van der Waals surface area contributed by atoms with Gasteiger partial charge in [0.1, 0.15) is 0 Å². The van der Waals surface area contributed by atoms with Gasteiger partial charge in [-0.05, 0) is 26.0 Å². The second kappa shape index (κ2) is 8.42. The second-order valence-corrected chi connectivity index (χ2v) is 6.63. The summed E-state index contributed by atoms with van der Waals surface area (Å²) in [5, 5.41) is 0. The molecule has 0 saturated heterocycles. The molecule has 0 unspecified atom stereocenters. The molecule has 1 aliphatic heterocycles. The van der Waals surface area contributed by atoms with Gasteiger partial charge in [0.2, 0.25) is 5.69 Å². The van der Waals surface area contributed by atoms with E-state index in [0.717, 1.165) is 19.6 Å². The Bertz CT molecular complexity index is 703. The summed E-state index contributed by atoms with van der Waals surface area (Å²) in [6.45, 7) is 7.33. The van der Waals surface area contributed by atoms with E-state index in [0.29, 0.717) is 0 Å². The first-order valence-electron chi connectivity index (χ1n) is 7.82. The molecule has 0 radical (unpaired) electrons. The van der Waals surface area contributed by atoms with Crippen LogP contribution in [0.5, 0.6) is 0 Å². The van der Waals surface area contributed by atoms with E-state index >= 15 is 0 Å². The van der Waals surface area contributed by atoms with E-state index in [1.165, 1.54) is 22.5 Å². The Kier molecular flexibility index (Phi) is 6.52. The Labute approximate surface area is 149 Å². The Hall–Kier alpha value is -1.96. The lowest BCUT2D eigenvalue weighted by atomic mass is 10.2. The number of halogens is 1. The third-order valence-corrected chi connectivity index (χ3v) is 3.90. The number of hydrogen-bond acceptors (Lipinski definition) is 5. The summed E-state index contributed by atoms with van der Waals surface area (Å²) >= 11 is 0. The minimum Gasteiger partial charge on any atom is -0.355 e. The zero-order valence-electron chi connectivity index (χ0n) is 14.2. The van der Waals surface area contributed by atoms with E-state index in [9.17, 15) is 0 Å². The number of aryl methyl sites for hydroxylation is 2. The first kappa shape index (κ1) is 19.4. The predicted octanol–water partition coefficient (Wildman–Crippen LogP) is -1.22. The molecule has 0 amide bonds. The van der Waals surface area contributed by atoms with Crippen LogP contribution in [0.25, 0.3) is 0 Å². The fourth-order valence-electron chi connectivity index (χ4n) is 2.57. The van der Waals surface area contributed by atoms with Crippen molar-refractivity contribution in [2.45, 2.75) is 13.8 Å². The molecule has 7 heteroatoms. The van der Waals surface area contributed by atoms with Crippen LogP contribution in [0.2, 0.25) is 0 Å². The Balaban J connectivity index is 0.000000399. The van der Waals surface area contributed by atoms with Crippen LogP contribution >= 0.6 is 0 Å². The minimum absolute atomic E-state index is 0.969. The maximum atomic E-state index is 8.49. The average Bonchev–Trinajstić information content (AvgIpc) is 2.55. The molecule has 0 N–H and O–H groups in total. The normalized spacial score (nSPS) is 14.5. The van der Waals surface area contributed by atoms with Crippen LogP contribution in [0.3, 0.4) is 0 Å². The highest BCUT2D eigenvalue weighted by molar-refractivity contribution is 5.65. The Morgan fingerprint density at radius 1 is 0.840 bits per heavy atom. The van der Waals surface area contributed by atoms with Crippen molar-refractivity contribution < 1.29 is 33.5 Å². The maximum absolute atomic E-state index is 8.49. The molecule has 134 valence electrons. The van der Waals surface area contributed by atoms with E-state index in [1.54, 1.807) is 0 Å². The highest BCUT2D eigenvalue weighted by atomic mass is 35.7. The zero-order chi connectivity index (χ0) is 18.4. The second-order valence-electron chi connectivity index (χ2n) is 5.87. The highest BCUT2D eigenvalue weighted by Gasteiger charge is 2.18. The molecule has 25 heavy (non-hydrogen) atoms. The van der Waals surface area contributed by atoms with Gasteiger partial charge in [0.15, 0.2) is 12.8 Å². The van der Waals surface area contributed by atoms with E-state index in [1.807, 2.05) is 0 Å². The van der Waals surface area contributed by atoms with Gasteiger partial charge in [0.25, 0.3) is 0 Å². The van der Waals surface area contributed by atoms with Crippen LogP contribution in [-0.2, 0) is 0 Å². The van der Waals surface area contributed by atoms with Crippen molar-refractivity contribution in [2.24, 2.45) is 0 Å². The quantitative estimate of drug-likeness (QED) is 0.622. The molecule has 6 nitrogen and oxygen atoms in total. The van der Waals surface area contributed by atoms with E-state index in [4.69, 9.17) is 18.6 Å². The van der Waals surface area contributed by atoms with Crippen LogP contribution in [0.1, 0.15) is 11.1 Å². The maximum Gasteiger partial charge on any atom is 0.205 e. The lowest BCUT2D eigenvalue weighted by Crippen LogP contribution is -2.68. The molecule has 2 aromatic carbocycles. The number of benzene rings is 2. The third kappa shape index (κ3) is 6.81. The van der Waals surface area contributed by atoms with E-state index in [-0.39, 0.29) is 0 Å². The third-order valence-electron chi connectivity index (χ3n) is 3.90. The Morgan fingerprint density at radius 3 is 1.76 bits per heavy atom. The van der Waals surface area contributed by atoms with Gasteiger partial charge in [-0.3, -0.25) is 0 Å². The van der Waals surface area contributed by atoms with Crippen molar-refractivity contribution >= 4 is 17.6 Å². The molecule has 0 aromatic heterocycles. The van der Waals surface area contributed by atoms with Crippen molar-refractivity contribution in [3.63, 3.8) is 0 Å². The molecular weight excluding hydrogens is 344 g/mol. The van der Waals surface area contributed by atoms with Crippen molar-refractivity contribution in [3.8, 4) is 0 Å². The number of rotatable bonds is 2. The molecular formula is C18H21ClN2O4. The van der Waals surface area contributed by atoms with E-state index in [2.05, 4.69) is 78.1 Å². The molecule has 0 fully saturated rings. The van der Waals surface area contributed by atoms with Crippen molar-refractivity contribution in [1.82, 2.24) is 0 Å². The van der Waals surface area contributed by atoms with Gasteiger partial charge in [0, 0.05) is 17.8 Å².